The number of nitrogens with zero attached hydrogens (tertiary/aromatic N) is 2. The SMILES string of the molecule is CCc1cc2c(Nc3ccc(Cl)c(C(=O)O)c3)ncnc2s1. The maximum atomic E-state index is 11.1. The van der Waals surface area contributed by atoms with Gasteiger partial charge in [-0.15, -0.1) is 11.3 Å². The van der Waals surface area contributed by atoms with E-state index in [1.165, 1.54) is 17.3 Å². The van der Waals surface area contributed by atoms with Crippen molar-refractivity contribution >= 4 is 50.6 Å². The third-order valence-electron chi connectivity index (χ3n) is 3.19. The number of benzene rings is 1. The molecule has 0 amide bonds. The minimum Gasteiger partial charge on any atom is -0.478 e. The lowest BCUT2D eigenvalue weighted by molar-refractivity contribution is 0.0697. The second-order valence-corrected chi connectivity index (χ2v) is 6.15. The van der Waals surface area contributed by atoms with Crippen LogP contribution in [0.5, 0.6) is 0 Å². The summed E-state index contributed by atoms with van der Waals surface area (Å²) in [5, 5.41) is 13.4. The van der Waals surface area contributed by atoms with Crippen molar-refractivity contribution < 1.29 is 9.90 Å². The fourth-order valence-corrected chi connectivity index (χ4v) is 3.22. The highest BCUT2D eigenvalue weighted by Gasteiger charge is 2.12. The van der Waals surface area contributed by atoms with E-state index in [0.717, 1.165) is 16.6 Å². The molecular formula is C15H12ClN3O2S. The number of anilines is 2. The van der Waals surface area contributed by atoms with Gasteiger partial charge in [0.1, 0.15) is 17.0 Å². The molecule has 0 aliphatic heterocycles. The number of nitrogens with one attached hydrogen (secondary N) is 1. The van der Waals surface area contributed by atoms with Gasteiger partial charge < -0.3 is 10.4 Å². The summed E-state index contributed by atoms with van der Waals surface area (Å²) in [5.74, 6) is -0.412. The van der Waals surface area contributed by atoms with Gasteiger partial charge in [0.05, 0.1) is 16.0 Å². The molecule has 0 aliphatic carbocycles. The number of halogens is 1. The first-order chi connectivity index (χ1) is 10.6. The zero-order valence-electron chi connectivity index (χ0n) is 11.6. The lowest BCUT2D eigenvalue weighted by Crippen LogP contribution is -2.00. The van der Waals surface area contributed by atoms with E-state index < -0.39 is 5.97 Å². The summed E-state index contributed by atoms with van der Waals surface area (Å²) in [6, 6.07) is 6.81. The highest BCUT2D eigenvalue weighted by molar-refractivity contribution is 7.18. The van der Waals surface area contributed by atoms with Gasteiger partial charge in [0, 0.05) is 10.6 Å². The molecule has 0 saturated carbocycles. The topological polar surface area (TPSA) is 75.1 Å². The van der Waals surface area contributed by atoms with Crippen LogP contribution in [0.2, 0.25) is 5.02 Å². The Balaban J connectivity index is 2.01. The van der Waals surface area contributed by atoms with Gasteiger partial charge in [0.15, 0.2) is 0 Å². The van der Waals surface area contributed by atoms with Crippen LogP contribution in [0.15, 0.2) is 30.6 Å². The quantitative estimate of drug-likeness (QED) is 0.742. The van der Waals surface area contributed by atoms with E-state index in [2.05, 4.69) is 28.3 Å². The number of hydrogen-bond acceptors (Lipinski definition) is 5. The molecule has 0 spiro atoms. The number of rotatable bonds is 4. The molecule has 0 atom stereocenters. The zero-order chi connectivity index (χ0) is 15.7. The van der Waals surface area contributed by atoms with Gasteiger partial charge in [0.25, 0.3) is 0 Å². The standard InChI is InChI=1S/C15H12ClN3O2S/c1-2-9-6-11-13(17-7-18-14(11)22-9)19-8-3-4-12(16)10(5-8)15(20)21/h3-7H,2H2,1H3,(H,20,21)(H,17,18,19). The summed E-state index contributed by atoms with van der Waals surface area (Å²) in [6.45, 7) is 2.09. The predicted octanol–water partition coefficient (Wildman–Crippen LogP) is 4.35. The number of thiophene rings is 1. The fraction of sp³-hybridized carbons (Fsp3) is 0.133. The van der Waals surface area contributed by atoms with Crippen LogP contribution in [0.25, 0.3) is 10.2 Å². The van der Waals surface area contributed by atoms with Crippen molar-refractivity contribution in [3.8, 4) is 0 Å². The number of aromatic carboxylic acids is 1. The van der Waals surface area contributed by atoms with E-state index in [1.807, 2.05) is 0 Å². The zero-order valence-corrected chi connectivity index (χ0v) is 13.2. The maximum absolute atomic E-state index is 11.1. The lowest BCUT2D eigenvalue weighted by Gasteiger charge is -2.08. The van der Waals surface area contributed by atoms with Crippen LogP contribution in [0.1, 0.15) is 22.2 Å². The third-order valence-corrected chi connectivity index (χ3v) is 4.71. The van der Waals surface area contributed by atoms with Crippen molar-refractivity contribution in [2.24, 2.45) is 0 Å². The molecule has 0 unspecified atom stereocenters. The van der Waals surface area contributed by atoms with Crippen molar-refractivity contribution in [2.75, 3.05) is 5.32 Å². The van der Waals surface area contributed by atoms with Crippen molar-refractivity contribution in [1.29, 1.82) is 0 Å². The molecule has 3 rings (SSSR count). The summed E-state index contributed by atoms with van der Waals surface area (Å²) in [4.78, 5) is 21.8. The summed E-state index contributed by atoms with van der Waals surface area (Å²) in [7, 11) is 0. The van der Waals surface area contributed by atoms with Gasteiger partial charge in [-0.2, -0.15) is 0 Å². The molecule has 5 nitrogen and oxygen atoms in total. The molecule has 2 N–H and O–H groups in total. The molecule has 7 heteroatoms. The van der Waals surface area contributed by atoms with Crippen LogP contribution in [0.4, 0.5) is 11.5 Å². The number of carbonyl (C=O) groups is 1. The van der Waals surface area contributed by atoms with Crippen molar-refractivity contribution in [3.05, 3.63) is 46.1 Å². The average molecular weight is 334 g/mol. The fourth-order valence-electron chi connectivity index (χ4n) is 2.08. The Hall–Kier alpha value is -2.18. The number of aromatic nitrogens is 2. The highest BCUT2D eigenvalue weighted by Crippen LogP contribution is 2.31. The summed E-state index contributed by atoms with van der Waals surface area (Å²) < 4.78 is 0. The normalized spacial score (nSPS) is 10.8. The van der Waals surface area contributed by atoms with Crippen molar-refractivity contribution in [3.63, 3.8) is 0 Å². The Morgan fingerprint density at radius 1 is 1.36 bits per heavy atom. The summed E-state index contributed by atoms with van der Waals surface area (Å²) in [5.41, 5.74) is 0.669. The van der Waals surface area contributed by atoms with Gasteiger partial charge in [0.2, 0.25) is 0 Å². The molecule has 2 aromatic heterocycles. The first kappa shape index (κ1) is 14.7. The van der Waals surface area contributed by atoms with Crippen LogP contribution in [0.3, 0.4) is 0 Å². The first-order valence-electron chi connectivity index (χ1n) is 6.61. The summed E-state index contributed by atoms with van der Waals surface area (Å²) in [6.07, 6.45) is 2.43. The van der Waals surface area contributed by atoms with Gasteiger partial charge in [-0.05, 0) is 30.7 Å². The Morgan fingerprint density at radius 3 is 2.91 bits per heavy atom. The second kappa shape index (κ2) is 5.90. The van der Waals surface area contributed by atoms with E-state index in [0.29, 0.717) is 11.5 Å². The number of carboxylic acids is 1. The molecule has 112 valence electrons. The Kier molecular flexibility index (Phi) is 3.96. The first-order valence-corrected chi connectivity index (χ1v) is 7.81. The Labute approximate surface area is 135 Å². The van der Waals surface area contributed by atoms with E-state index in [1.54, 1.807) is 23.5 Å². The molecule has 2 heterocycles. The van der Waals surface area contributed by atoms with Crippen LogP contribution in [-0.2, 0) is 6.42 Å². The van der Waals surface area contributed by atoms with E-state index >= 15 is 0 Å². The van der Waals surface area contributed by atoms with Gasteiger partial charge in [-0.1, -0.05) is 18.5 Å². The molecule has 0 saturated heterocycles. The van der Waals surface area contributed by atoms with Gasteiger partial charge >= 0.3 is 5.97 Å². The number of hydrogen-bond donors (Lipinski definition) is 2. The predicted molar refractivity (Wildman–Crippen MR) is 88.5 cm³/mol. The number of aryl methyl sites for hydroxylation is 1. The molecular weight excluding hydrogens is 322 g/mol. The molecule has 0 bridgehead atoms. The average Bonchev–Trinajstić information content (AvgIpc) is 2.93. The molecule has 3 aromatic rings. The van der Waals surface area contributed by atoms with Crippen molar-refractivity contribution in [2.45, 2.75) is 13.3 Å². The Morgan fingerprint density at radius 2 is 2.18 bits per heavy atom. The third kappa shape index (κ3) is 2.75. The van der Waals surface area contributed by atoms with Crippen LogP contribution < -0.4 is 5.32 Å². The number of fused-ring (bicyclic) bond motifs is 1. The van der Waals surface area contributed by atoms with Crippen LogP contribution >= 0.6 is 22.9 Å². The van der Waals surface area contributed by atoms with Gasteiger partial charge in [-0.3, -0.25) is 0 Å². The molecule has 0 aliphatic rings. The largest absolute Gasteiger partial charge is 0.478 e. The molecule has 0 radical (unpaired) electrons. The second-order valence-electron chi connectivity index (χ2n) is 4.63. The van der Waals surface area contributed by atoms with Crippen molar-refractivity contribution in [1.82, 2.24) is 9.97 Å². The Bertz CT molecular complexity index is 863. The van der Waals surface area contributed by atoms with Gasteiger partial charge in [-0.25, -0.2) is 14.8 Å². The molecule has 1 aromatic carbocycles. The smallest absolute Gasteiger partial charge is 0.337 e. The van der Waals surface area contributed by atoms with Crippen LogP contribution in [0, 0.1) is 0 Å². The minimum atomic E-state index is -1.06. The molecule has 0 fully saturated rings. The van der Waals surface area contributed by atoms with E-state index in [-0.39, 0.29) is 10.6 Å². The summed E-state index contributed by atoms with van der Waals surface area (Å²) >= 11 is 7.50. The lowest BCUT2D eigenvalue weighted by atomic mass is 10.2. The van der Waals surface area contributed by atoms with Crippen LogP contribution in [-0.4, -0.2) is 21.0 Å². The van der Waals surface area contributed by atoms with E-state index in [4.69, 9.17) is 16.7 Å². The highest BCUT2D eigenvalue weighted by atomic mass is 35.5. The minimum absolute atomic E-state index is 0.0523. The maximum Gasteiger partial charge on any atom is 0.337 e. The monoisotopic (exact) mass is 333 g/mol. The molecule has 22 heavy (non-hydrogen) atoms. The van der Waals surface area contributed by atoms with E-state index in [9.17, 15) is 4.79 Å². The number of carboxylic acid groups (broad SMARTS) is 1.